The maximum atomic E-state index is 11.7. The van der Waals surface area contributed by atoms with Crippen molar-refractivity contribution >= 4 is 51.5 Å². The molecular weight excluding hydrogens is 479 g/mol. The molecule has 8 nitrogen and oxygen atoms in total. The molecule has 1 amide bonds. The second-order valence-corrected chi connectivity index (χ2v) is 8.27. The Balaban J connectivity index is 1.93. The predicted molar refractivity (Wildman–Crippen MR) is 130 cm³/mol. The van der Waals surface area contributed by atoms with Gasteiger partial charge in [0.2, 0.25) is 5.91 Å². The monoisotopic (exact) mass is 496 g/mol. The molecule has 172 valence electrons. The number of pyridine rings is 1. The van der Waals surface area contributed by atoms with Crippen molar-refractivity contribution in [1.29, 1.82) is 0 Å². The van der Waals surface area contributed by atoms with Gasteiger partial charge < -0.3 is 15.2 Å². The molecule has 0 fully saturated rings. The van der Waals surface area contributed by atoms with Gasteiger partial charge in [0.25, 0.3) is 0 Å². The number of nitrogens with one attached hydrogen (secondary N) is 1. The number of halogens is 2. The number of anilines is 1. The number of carboxylic acids is 1. The van der Waals surface area contributed by atoms with E-state index in [1.54, 1.807) is 25.3 Å². The van der Waals surface area contributed by atoms with E-state index in [-0.39, 0.29) is 11.5 Å². The molecule has 0 atom stereocenters. The van der Waals surface area contributed by atoms with Crippen LogP contribution in [-0.2, 0) is 11.2 Å². The van der Waals surface area contributed by atoms with E-state index in [0.717, 1.165) is 5.39 Å². The Hall–Kier alpha value is -3.75. The fourth-order valence-corrected chi connectivity index (χ4v) is 4.10. The highest BCUT2D eigenvalue weighted by Gasteiger charge is 2.17. The van der Waals surface area contributed by atoms with Crippen LogP contribution < -0.4 is 10.1 Å². The minimum absolute atomic E-state index is 0.00137. The van der Waals surface area contributed by atoms with Crippen molar-refractivity contribution in [3.8, 4) is 17.0 Å². The molecule has 0 aliphatic rings. The maximum Gasteiger partial charge on any atom is 0.335 e. The van der Waals surface area contributed by atoms with Gasteiger partial charge in [0.05, 0.1) is 28.4 Å². The van der Waals surface area contributed by atoms with Gasteiger partial charge in [-0.2, -0.15) is 5.10 Å². The van der Waals surface area contributed by atoms with Crippen LogP contribution in [0.25, 0.3) is 22.0 Å². The van der Waals surface area contributed by atoms with Crippen LogP contribution in [0.15, 0.2) is 48.8 Å². The molecule has 0 saturated carbocycles. The van der Waals surface area contributed by atoms with Crippen molar-refractivity contribution in [1.82, 2.24) is 15.2 Å². The van der Waals surface area contributed by atoms with E-state index in [2.05, 4.69) is 20.5 Å². The fourth-order valence-electron chi connectivity index (χ4n) is 3.60. The summed E-state index contributed by atoms with van der Waals surface area (Å²) in [5.41, 5.74) is 2.52. The third-order valence-electron chi connectivity index (χ3n) is 5.13. The Morgan fingerprint density at radius 1 is 1.03 bits per heavy atom. The highest BCUT2D eigenvalue weighted by atomic mass is 35.5. The minimum atomic E-state index is -1.14. The molecule has 0 unspecified atom stereocenters. The lowest BCUT2D eigenvalue weighted by Gasteiger charge is -2.13. The number of benzene rings is 2. The van der Waals surface area contributed by atoms with E-state index >= 15 is 0 Å². The molecule has 2 aromatic carbocycles. The van der Waals surface area contributed by atoms with Crippen LogP contribution in [0.3, 0.4) is 0 Å². The number of aromatic nitrogens is 3. The molecule has 34 heavy (non-hydrogen) atoms. The molecule has 0 radical (unpaired) electrons. The first-order chi connectivity index (χ1) is 16.3. The maximum absolute atomic E-state index is 11.7. The van der Waals surface area contributed by atoms with Gasteiger partial charge in [-0.15, -0.1) is 5.10 Å². The van der Waals surface area contributed by atoms with Crippen molar-refractivity contribution < 1.29 is 19.4 Å². The SMILES string of the molecule is COc1ccc2c(Cc3c(Cl)cncc3Cl)nnc(-c3cc(NC(C)=O)cc(C(=O)O)c3)c2c1. The number of carboxylic acid groups (broad SMARTS) is 1. The van der Waals surface area contributed by atoms with Crippen LogP contribution in [0.1, 0.15) is 28.5 Å². The number of nitrogens with zero attached hydrogens (tertiary/aromatic N) is 3. The van der Waals surface area contributed by atoms with Crippen LogP contribution >= 0.6 is 23.2 Å². The molecule has 0 aliphatic carbocycles. The van der Waals surface area contributed by atoms with Gasteiger partial charge in [0.1, 0.15) is 11.4 Å². The van der Waals surface area contributed by atoms with Crippen LogP contribution in [0.2, 0.25) is 10.0 Å². The summed E-state index contributed by atoms with van der Waals surface area (Å²) < 4.78 is 5.40. The van der Waals surface area contributed by atoms with Gasteiger partial charge >= 0.3 is 5.97 Å². The lowest BCUT2D eigenvalue weighted by molar-refractivity contribution is -0.114. The lowest BCUT2D eigenvalue weighted by Crippen LogP contribution is -2.08. The van der Waals surface area contributed by atoms with Crippen LogP contribution in [0, 0.1) is 0 Å². The number of amides is 1. The molecular formula is C24H18Cl2N4O4. The molecule has 0 saturated heterocycles. The van der Waals surface area contributed by atoms with Crippen LogP contribution in [0.4, 0.5) is 5.69 Å². The average Bonchev–Trinajstić information content (AvgIpc) is 2.80. The van der Waals surface area contributed by atoms with E-state index in [0.29, 0.717) is 55.8 Å². The third-order valence-corrected chi connectivity index (χ3v) is 5.79. The second-order valence-electron chi connectivity index (χ2n) is 7.45. The summed E-state index contributed by atoms with van der Waals surface area (Å²) in [6.45, 7) is 1.34. The standard InChI is InChI=1S/C24H18Cl2N4O4/c1-12(31)28-15-6-13(5-14(7-15)24(32)33)23-18-8-16(34-2)3-4-17(18)22(29-30-23)9-19-20(25)10-27-11-21(19)26/h3-8,10-11H,9H2,1-2H3,(H,28,31)(H,32,33). The summed E-state index contributed by atoms with van der Waals surface area (Å²) in [4.78, 5) is 27.3. The number of rotatable bonds is 6. The molecule has 2 N–H and O–H groups in total. The van der Waals surface area contributed by atoms with Gasteiger partial charge in [-0.3, -0.25) is 9.78 Å². The average molecular weight is 497 g/mol. The molecule has 0 bridgehead atoms. The zero-order valence-electron chi connectivity index (χ0n) is 18.1. The summed E-state index contributed by atoms with van der Waals surface area (Å²) in [6, 6.07) is 9.94. The Kier molecular flexibility index (Phi) is 6.63. The molecule has 4 aromatic rings. The topological polar surface area (TPSA) is 114 Å². The molecule has 10 heteroatoms. The highest BCUT2D eigenvalue weighted by molar-refractivity contribution is 6.35. The highest BCUT2D eigenvalue weighted by Crippen LogP contribution is 2.34. The van der Waals surface area contributed by atoms with E-state index in [1.165, 1.54) is 31.5 Å². The first kappa shape index (κ1) is 23.4. The number of carbonyl (C=O) groups excluding carboxylic acids is 1. The number of fused-ring (bicyclic) bond motifs is 1. The number of hydrogen-bond donors (Lipinski definition) is 2. The third kappa shape index (κ3) is 4.78. The van der Waals surface area contributed by atoms with Crippen molar-refractivity contribution in [2.24, 2.45) is 0 Å². The zero-order valence-corrected chi connectivity index (χ0v) is 19.6. The number of carbonyl (C=O) groups is 2. The normalized spacial score (nSPS) is 10.8. The zero-order chi connectivity index (χ0) is 24.4. The number of ether oxygens (including phenoxy) is 1. The van der Waals surface area contributed by atoms with Crippen molar-refractivity contribution in [2.75, 3.05) is 12.4 Å². The van der Waals surface area contributed by atoms with Gasteiger partial charge in [-0.25, -0.2) is 4.79 Å². The van der Waals surface area contributed by atoms with Crippen LogP contribution in [0.5, 0.6) is 5.75 Å². The summed E-state index contributed by atoms with van der Waals surface area (Å²) in [6.07, 6.45) is 3.33. The Morgan fingerprint density at radius 3 is 2.41 bits per heavy atom. The Morgan fingerprint density at radius 2 is 1.76 bits per heavy atom. The molecule has 0 aliphatic heterocycles. The number of methoxy groups -OCH3 is 1. The smallest absolute Gasteiger partial charge is 0.335 e. The van der Waals surface area contributed by atoms with E-state index in [4.69, 9.17) is 27.9 Å². The summed E-state index contributed by atoms with van der Waals surface area (Å²) >= 11 is 12.6. The van der Waals surface area contributed by atoms with E-state index in [9.17, 15) is 14.7 Å². The quantitative estimate of drug-likeness (QED) is 0.374. The Labute approximate surface area is 204 Å². The van der Waals surface area contributed by atoms with Crippen LogP contribution in [-0.4, -0.2) is 39.3 Å². The molecule has 2 aromatic heterocycles. The van der Waals surface area contributed by atoms with Gasteiger partial charge in [0, 0.05) is 47.8 Å². The number of hydrogen-bond acceptors (Lipinski definition) is 6. The van der Waals surface area contributed by atoms with Crippen molar-refractivity contribution in [3.63, 3.8) is 0 Å². The first-order valence-corrected chi connectivity index (χ1v) is 10.8. The van der Waals surface area contributed by atoms with Gasteiger partial charge in [-0.05, 0) is 42.0 Å². The first-order valence-electron chi connectivity index (χ1n) is 10.0. The largest absolute Gasteiger partial charge is 0.497 e. The molecule has 2 heterocycles. The molecule has 0 spiro atoms. The summed E-state index contributed by atoms with van der Waals surface area (Å²) in [7, 11) is 1.55. The van der Waals surface area contributed by atoms with Crippen molar-refractivity contribution in [2.45, 2.75) is 13.3 Å². The molecule has 4 rings (SSSR count). The van der Waals surface area contributed by atoms with Gasteiger partial charge in [0.15, 0.2) is 0 Å². The minimum Gasteiger partial charge on any atom is -0.497 e. The Bertz CT molecular complexity index is 1420. The second kappa shape index (κ2) is 9.62. The van der Waals surface area contributed by atoms with Gasteiger partial charge in [-0.1, -0.05) is 23.2 Å². The lowest BCUT2D eigenvalue weighted by atomic mass is 9.98. The van der Waals surface area contributed by atoms with Crippen molar-refractivity contribution in [3.05, 3.63) is 75.7 Å². The number of aromatic carboxylic acids is 1. The fraction of sp³-hybridized carbons (Fsp3) is 0.125. The van der Waals surface area contributed by atoms with E-state index < -0.39 is 5.97 Å². The summed E-state index contributed by atoms with van der Waals surface area (Å²) in [5.74, 6) is -0.876. The summed E-state index contributed by atoms with van der Waals surface area (Å²) in [5, 5.41) is 23.3. The van der Waals surface area contributed by atoms with E-state index in [1.807, 2.05) is 6.07 Å². The predicted octanol–water partition coefficient (Wildman–Crippen LogP) is 5.25.